The lowest BCUT2D eigenvalue weighted by atomic mass is 10.2. The number of phenolic OH excluding ortho intramolecular Hbond substituents is 1. The predicted octanol–water partition coefficient (Wildman–Crippen LogP) is 3.26. The average molecular weight is 286 g/mol. The highest BCUT2D eigenvalue weighted by Gasteiger charge is 2.12. The Bertz CT molecular complexity index is 769. The standard InChI is InChI=1S/C15H11FN2O3/c1-20-13-7-4-10(8-12(13)16)15-18-17-14(21-15)9-2-5-11(19)6-3-9/h2-8,19H,1H3. The van der Waals surface area contributed by atoms with Crippen molar-refractivity contribution in [2.75, 3.05) is 7.11 Å². The summed E-state index contributed by atoms with van der Waals surface area (Å²) in [4.78, 5) is 0. The smallest absolute Gasteiger partial charge is 0.248 e. The minimum absolute atomic E-state index is 0.149. The maximum atomic E-state index is 13.7. The third kappa shape index (κ3) is 2.55. The lowest BCUT2D eigenvalue weighted by molar-refractivity contribution is 0.386. The number of aromatic nitrogens is 2. The van der Waals surface area contributed by atoms with Crippen LogP contribution in [0, 0.1) is 5.82 Å². The number of nitrogens with zero attached hydrogens (tertiary/aromatic N) is 2. The first kappa shape index (κ1) is 13.1. The normalized spacial score (nSPS) is 10.6. The van der Waals surface area contributed by atoms with E-state index in [2.05, 4.69) is 10.2 Å². The van der Waals surface area contributed by atoms with Crippen molar-refractivity contribution in [3.63, 3.8) is 0 Å². The number of phenols is 1. The summed E-state index contributed by atoms with van der Waals surface area (Å²) in [6.07, 6.45) is 0. The van der Waals surface area contributed by atoms with Gasteiger partial charge in [-0.05, 0) is 42.5 Å². The van der Waals surface area contributed by atoms with Gasteiger partial charge in [-0.1, -0.05) is 0 Å². The van der Waals surface area contributed by atoms with Crippen molar-refractivity contribution in [2.24, 2.45) is 0 Å². The number of hydrogen-bond donors (Lipinski definition) is 1. The zero-order valence-corrected chi connectivity index (χ0v) is 11.1. The number of hydrogen-bond acceptors (Lipinski definition) is 5. The Hall–Kier alpha value is -2.89. The molecule has 0 saturated heterocycles. The molecule has 106 valence electrons. The van der Waals surface area contributed by atoms with E-state index in [9.17, 15) is 9.50 Å². The first-order valence-corrected chi connectivity index (χ1v) is 6.14. The van der Waals surface area contributed by atoms with E-state index in [0.29, 0.717) is 17.0 Å². The van der Waals surface area contributed by atoms with Crippen LogP contribution in [0.5, 0.6) is 11.5 Å². The quantitative estimate of drug-likeness (QED) is 0.800. The highest BCUT2D eigenvalue weighted by atomic mass is 19.1. The SMILES string of the molecule is COc1ccc(-c2nnc(-c3ccc(O)cc3)o2)cc1F. The van der Waals surface area contributed by atoms with Crippen LogP contribution >= 0.6 is 0 Å². The maximum absolute atomic E-state index is 13.7. The molecular formula is C15H11FN2O3. The lowest BCUT2D eigenvalue weighted by Crippen LogP contribution is -1.88. The summed E-state index contributed by atoms with van der Waals surface area (Å²) >= 11 is 0. The van der Waals surface area contributed by atoms with Gasteiger partial charge in [0.05, 0.1) is 7.11 Å². The molecule has 0 aliphatic heterocycles. The zero-order chi connectivity index (χ0) is 14.8. The largest absolute Gasteiger partial charge is 0.508 e. The molecule has 0 bridgehead atoms. The molecule has 0 amide bonds. The number of halogens is 1. The molecule has 0 spiro atoms. The van der Waals surface area contributed by atoms with Crippen LogP contribution in [0.4, 0.5) is 4.39 Å². The molecule has 3 aromatic rings. The Balaban J connectivity index is 1.94. The summed E-state index contributed by atoms with van der Waals surface area (Å²) in [5, 5.41) is 17.1. The highest BCUT2D eigenvalue weighted by Crippen LogP contribution is 2.27. The number of ether oxygens (including phenoxy) is 1. The van der Waals surface area contributed by atoms with E-state index in [0.717, 1.165) is 0 Å². The molecule has 3 rings (SSSR count). The van der Waals surface area contributed by atoms with E-state index in [1.165, 1.54) is 31.4 Å². The van der Waals surface area contributed by atoms with Crippen LogP contribution < -0.4 is 4.74 Å². The van der Waals surface area contributed by atoms with Gasteiger partial charge in [0.25, 0.3) is 0 Å². The topological polar surface area (TPSA) is 68.4 Å². The second-order valence-electron chi connectivity index (χ2n) is 4.31. The Morgan fingerprint density at radius 1 is 1.00 bits per heavy atom. The van der Waals surface area contributed by atoms with Gasteiger partial charge in [-0.25, -0.2) is 4.39 Å². The average Bonchev–Trinajstić information content (AvgIpc) is 2.98. The molecule has 0 aliphatic rings. The Morgan fingerprint density at radius 3 is 2.24 bits per heavy atom. The Morgan fingerprint density at radius 2 is 1.62 bits per heavy atom. The van der Waals surface area contributed by atoms with Gasteiger partial charge >= 0.3 is 0 Å². The number of rotatable bonds is 3. The van der Waals surface area contributed by atoms with E-state index >= 15 is 0 Å². The lowest BCUT2D eigenvalue weighted by Gasteiger charge is -2.02. The molecular weight excluding hydrogens is 275 g/mol. The minimum Gasteiger partial charge on any atom is -0.508 e. The van der Waals surface area contributed by atoms with Crippen molar-refractivity contribution in [1.29, 1.82) is 0 Å². The minimum atomic E-state index is -0.501. The van der Waals surface area contributed by atoms with Crippen molar-refractivity contribution in [2.45, 2.75) is 0 Å². The van der Waals surface area contributed by atoms with Crippen molar-refractivity contribution in [3.8, 4) is 34.4 Å². The van der Waals surface area contributed by atoms with E-state index in [4.69, 9.17) is 9.15 Å². The van der Waals surface area contributed by atoms with Gasteiger partial charge in [0.2, 0.25) is 11.8 Å². The van der Waals surface area contributed by atoms with Gasteiger partial charge in [-0.3, -0.25) is 0 Å². The van der Waals surface area contributed by atoms with Gasteiger partial charge in [0.1, 0.15) is 5.75 Å². The molecule has 0 unspecified atom stereocenters. The first-order chi connectivity index (χ1) is 10.2. The second kappa shape index (κ2) is 5.24. The van der Waals surface area contributed by atoms with Crippen molar-refractivity contribution < 1.29 is 18.7 Å². The number of benzene rings is 2. The van der Waals surface area contributed by atoms with Gasteiger partial charge < -0.3 is 14.3 Å². The molecule has 1 aromatic heterocycles. The van der Waals surface area contributed by atoms with E-state index in [1.807, 2.05) is 0 Å². The number of methoxy groups -OCH3 is 1. The third-order valence-electron chi connectivity index (χ3n) is 2.94. The molecule has 1 heterocycles. The third-order valence-corrected chi connectivity index (χ3v) is 2.94. The van der Waals surface area contributed by atoms with E-state index in [1.54, 1.807) is 18.2 Å². The van der Waals surface area contributed by atoms with Gasteiger partial charge in [0, 0.05) is 11.1 Å². The first-order valence-electron chi connectivity index (χ1n) is 6.14. The molecule has 0 saturated carbocycles. The van der Waals surface area contributed by atoms with Crippen LogP contribution in [0.1, 0.15) is 0 Å². The molecule has 6 heteroatoms. The summed E-state index contributed by atoms with van der Waals surface area (Å²) < 4.78 is 24.0. The molecule has 0 radical (unpaired) electrons. The summed E-state index contributed by atoms with van der Waals surface area (Å²) in [7, 11) is 1.40. The summed E-state index contributed by atoms with van der Waals surface area (Å²) in [5.41, 5.74) is 1.13. The molecule has 0 atom stereocenters. The van der Waals surface area contributed by atoms with Crippen molar-refractivity contribution >= 4 is 0 Å². The highest BCUT2D eigenvalue weighted by molar-refractivity contribution is 5.59. The number of aromatic hydroxyl groups is 1. The van der Waals surface area contributed by atoms with Crippen LogP contribution in [0.2, 0.25) is 0 Å². The van der Waals surface area contributed by atoms with E-state index < -0.39 is 5.82 Å². The monoisotopic (exact) mass is 286 g/mol. The zero-order valence-electron chi connectivity index (χ0n) is 11.1. The van der Waals surface area contributed by atoms with Crippen LogP contribution in [0.3, 0.4) is 0 Å². The fraction of sp³-hybridized carbons (Fsp3) is 0.0667. The fourth-order valence-electron chi connectivity index (χ4n) is 1.86. The molecule has 0 aliphatic carbocycles. The molecule has 2 aromatic carbocycles. The Labute approximate surface area is 119 Å². The maximum Gasteiger partial charge on any atom is 0.248 e. The second-order valence-corrected chi connectivity index (χ2v) is 4.31. The van der Waals surface area contributed by atoms with Crippen LogP contribution in [0.25, 0.3) is 22.9 Å². The fourth-order valence-corrected chi connectivity index (χ4v) is 1.86. The van der Waals surface area contributed by atoms with Crippen molar-refractivity contribution in [1.82, 2.24) is 10.2 Å². The summed E-state index contributed by atoms with van der Waals surface area (Å²) in [5.74, 6) is 0.299. The summed E-state index contributed by atoms with van der Waals surface area (Å²) in [6.45, 7) is 0. The van der Waals surface area contributed by atoms with Crippen LogP contribution in [-0.2, 0) is 0 Å². The van der Waals surface area contributed by atoms with Crippen molar-refractivity contribution in [3.05, 3.63) is 48.3 Å². The Kier molecular flexibility index (Phi) is 3.27. The molecule has 21 heavy (non-hydrogen) atoms. The van der Waals surface area contributed by atoms with Gasteiger partial charge in [-0.2, -0.15) is 0 Å². The molecule has 0 fully saturated rings. The van der Waals surface area contributed by atoms with E-state index in [-0.39, 0.29) is 17.4 Å². The van der Waals surface area contributed by atoms with Crippen LogP contribution in [0.15, 0.2) is 46.9 Å². The van der Waals surface area contributed by atoms with Crippen LogP contribution in [-0.4, -0.2) is 22.4 Å². The summed E-state index contributed by atoms with van der Waals surface area (Å²) in [6, 6.07) is 10.7. The molecule has 5 nitrogen and oxygen atoms in total. The molecule has 1 N–H and O–H groups in total. The van der Waals surface area contributed by atoms with Gasteiger partial charge in [0.15, 0.2) is 11.6 Å². The predicted molar refractivity (Wildman–Crippen MR) is 73.3 cm³/mol. The van der Waals surface area contributed by atoms with Gasteiger partial charge in [-0.15, -0.1) is 10.2 Å².